The Morgan fingerprint density at radius 2 is 1.41 bits per heavy atom. The van der Waals surface area contributed by atoms with E-state index in [0.29, 0.717) is 18.8 Å². The molecule has 4 aromatic carbocycles. The maximum atomic E-state index is 14.2. The van der Waals surface area contributed by atoms with Gasteiger partial charge in [0.1, 0.15) is 31.1 Å². The Bertz CT molecular complexity index is 1710. The van der Waals surface area contributed by atoms with E-state index in [1.165, 1.54) is 0 Å². The summed E-state index contributed by atoms with van der Waals surface area (Å²) >= 11 is 0. The third-order valence-corrected chi connectivity index (χ3v) is 8.77. The fraction of sp³-hybridized carbons (Fsp3) is 0.325. The van der Waals surface area contributed by atoms with Crippen LogP contribution in [0.4, 0.5) is 9.59 Å². The van der Waals surface area contributed by atoms with Crippen molar-refractivity contribution in [3.05, 3.63) is 125 Å². The third kappa shape index (κ3) is 8.86. The average molecular weight is 665 g/mol. The van der Waals surface area contributed by atoms with Crippen molar-refractivity contribution in [2.75, 3.05) is 20.2 Å². The molecular formula is C40H46N3O6+. The number of hydrogen-bond acceptors (Lipinski definition) is 6. The second kappa shape index (κ2) is 15.4. The predicted octanol–water partition coefficient (Wildman–Crippen LogP) is 7.32. The van der Waals surface area contributed by atoms with Gasteiger partial charge in [0.2, 0.25) is 0 Å². The molecule has 2 atom stereocenters. The summed E-state index contributed by atoms with van der Waals surface area (Å²) in [6.45, 7) is 6.30. The number of nitrogens with one attached hydrogen (secondary N) is 1. The Morgan fingerprint density at radius 3 is 2.00 bits per heavy atom. The highest BCUT2D eigenvalue weighted by Gasteiger charge is 2.46. The predicted molar refractivity (Wildman–Crippen MR) is 189 cm³/mol. The maximum absolute atomic E-state index is 14.2. The molecule has 1 unspecified atom stereocenters. The normalized spacial score (nSPS) is 14.1. The highest BCUT2D eigenvalue weighted by molar-refractivity contribution is 5.81. The van der Waals surface area contributed by atoms with E-state index in [1.54, 1.807) is 27.8 Å². The van der Waals surface area contributed by atoms with Crippen LogP contribution in [0.1, 0.15) is 61.8 Å². The van der Waals surface area contributed by atoms with Crippen LogP contribution in [0.25, 0.3) is 11.1 Å². The molecule has 5 rings (SSSR count). The van der Waals surface area contributed by atoms with Crippen LogP contribution >= 0.6 is 0 Å². The molecule has 0 radical (unpaired) electrons. The largest absolute Gasteiger partial charge is 0.516 e. The summed E-state index contributed by atoms with van der Waals surface area (Å²) in [5, 5.41) is 2.72. The highest BCUT2D eigenvalue weighted by atomic mass is 16.6. The van der Waals surface area contributed by atoms with Gasteiger partial charge in [0.05, 0.1) is 7.05 Å². The van der Waals surface area contributed by atoms with Gasteiger partial charge in [0.15, 0.2) is 6.04 Å². The first kappa shape index (κ1) is 35.2. The standard InChI is InChI=1S/C40H45N3O6/c1-40(2,3)49-38(45)42-24-12-19-36(37(41)44)43(4,25-28-20-22-30(23-21-28)47-26-29-13-6-5-7-14-29)39(46)48-27-35-33-17-10-8-15-31(33)32-16-9-11-18-34(32)35/h5-11,13-18,20-23,35-36H,12,19,24-27H2,1-4H3,(H2-,41,42,44,45)/p+1/t36?,43-/m1/s1. The van der Waals surface area contributed by atoms with Crippen LogP contribution in [0.5, 0.6) is 5.75 Å². The summed E-state index contributed by atoms with van der Waals surface area (Å²) in [6.07, 6.45) is -0.477. The van der Waals surface area contributed by atoms with Crippen LogP contribution in [0.15, 0.2) is 103 Å². The number of fused-ring (bicyclic) bond motifs is 3. The molecule has 0 aliphatic heterocycles. The van der Waals surface area contributed by atoms with Crippen molar-refractivity contribution in [3.8, 4) is 16.9 Å². The van der Waals surface area contributed by atoms with Gasteiger partial charge in [-0.3, -0.25) is 4.79 Å². The first-order chi connectivity index (χ1) is 23.4. The number of primary amides is 1. The molecule has 0 saturated heterocycles. The summed E-state index contributed by atoms with van der Waals surface area (Å²) in [7, 11) is 1.69. The number of benzene rings is 4. The Labute approximate surface area is 288 Å². The molecule has 0 heterocycles. The number of rotatable bonds is 13. The van der Waals surface area contributed by atoms with E-state index in [2.05, 4.69) is 29.6 Å². The van der Waals surface area contributed by atoms with Crippen molar-refractivity contribution < 1.29 is 33.1 Å². The van der Waals surface area contributed by atoms with Gasteiger partial charge >= 0.3 is 12.2 Å². The first-order valence-corrected chi connectivity index (χ1v) is 16.7. The number of carbonyl (C=O) groups is 3. The SMILES string of the molecule is CC(C)(C)OC(=O)NCCCC(C(N)=O)[N@@+](C)(Cc1ccc(OCc2ccccc2)cc1)C(=O)OCC1c2ccccc2-c2ccccc21. The number of ether oxygens (including phenoxy) is 3. The van der Waals surface area contributed by atoms with Crippen LogP contribution in [-0.4, -0.2) is 54.4 Å². The Morgan fingerprint density at radius 1 is 0.816 bits per heavy atom. The first-order valence-electron chi connectivity index (χ1n) is 16.7. The minimum atomic E-state index is -0.926. The van der Waals surface area contributed by atoms with Crippen molar-refractivity contribution >= 4 is 18.1 Å². The Balaban J connectivity index is 1.34. The smallest absolute Gasteiger partial charge is 0.489 e. The molecule has 9 heteroatoms. The number of nitrogens with two attached hydrogens (primary N) is 1. The Kier molecular flexibility index (Phi) is 11.0. The summed E-state index contributed by atoms with van der Waals surface area (Å²) in [5.74, 6) is -0.0883. The minimum absolute atomic E-state index is 0.110. The number of nitrogens with zero attached hydrogens (tertiary/aromatic N) is 1. The second-order valence-electron chi connectivity index (χ2n) is 13.6. The molecule has 0 aromatic heterocycles. The summed E-state index contributed by atoms with van der Waals surface area (Å²) in [5.41, 5.74) is 11.7. The number of hydrogen-bond donors (Lipinski definition) is 2. The van der Waals surface area contributed by atoms with Crippen molar-refractivity contribution in [1.82, 2.24) is 5.32 Å². The molecule has 0 bridgehead atoms. The molecule has 3 N–H and O–H groups in total. The van der Waals surface area contributed by atoms with E-state index in [0.717, 1.165) is 33.4 Å². The van der Waals surface area contributed by atoms with Gasteiger partial charge < -0.3 is 25.3 Å². The molecule has 256 valence electrons. The van der Waals surface area contributed by atoms with Crippen molar-refractivity contribution in [2.24, 2.45) is 5.73 Å². The lowest BCUT2D eigenvalue weighted by Crippen LogP contribution is -2.60. The van der Waals surface area contributed by atoms with Gasteiger partial charge in [0.25, 0.3) is 5.91 Å². The molecule has 1 aliphatic rings. The third-order valence-electron chi connectivity index (χ3n) is 8.77. The Hall–Kier alpha value is -5.15. The van der Waals surface area contributed by atoms with E-state index in [4.69, 9.17) is 19.9 Å². The molecule has 1 aliphatic carbocycles. The van der Waals surface area contributed by atoms with Gasteiger partial charge in [-0.15, -0.1) is 0 Å². The maximum Gasteiger partial charge on any atom is 0.516 e. The number of amides is 3. The van der Waals surface area contributed by atoms with Crippen LogP contribution in [-0.2, 0) is 27.4 Å². The molecule has 4 aromatic rings. The van der Waals surface area contributed by atoms with E-state index in [9.17, 15) is 14.4 Å². The number of alkyl carbamates (subject to hydrolysis) is 1. The number of likely N-dealkylation sites (N-methyl/N-ethyl adjacent to an activating group) is 1. The summed E-state index contributed by atoms with van der Waals surface area (Å²) in [6, 6.07) is 32.7. The van der Waals surface area contributed by atoms with E-state index < -0.39 is 34.2 Å². The highest BCUT2D eigenvalue weighted by Crippen LogP contribution is 2.44. The average Bonchev–Trinajstić information content (AvgIpc) is 3.39. The second-order valence-corrected chi connectivity index (χ2v) is 13.6. The molecular weight excluding hydrogens is 618 g/mol. The van der Waals surface area contributed by atoms with Crippen LogP contribution < -0.4 is 15.8 Å². The molecule has 0 fully saturated rings. The molecule has 9 nitrogen and oxygen atoms in total. The van der Waals surface area contributed by atoms with Gasteiger partial charge in [-0.1, -0.05) is 78.9 Å². The molecule has 0 spiro atoms. The molecule has 49 heavy (non-hydrogen) atoms. The van der Waals surface area contributed by atoms with Crippen molar-refractivity contribution in [1.29, 1.82) is 0 Å². The lowest BCUT2D eigenvalue weighted by molar-refractivity contribution is -0.867. The van der Waals surface area contributed by atoms with Gasteiger partial charge in [-0.25, -0.2) is 9.28 Å². The number of quaternary nitrogens is 1. The van der Waals surface area contributed by atoms with E-state index >= 15 is 0 Å². The fourth-order valence-corrected chi connectivity index (χ4v) is 6.36. The lowest BCUT2D eigenvalue weighted by Gasteiger charge is -2.36. The molecule has 0 saturated carbocycles. The lowest BCUT2D eigenvalue weighted by atomic mass is 9.98. The van der Waals surface area contributed by atoms with Crippen molar-refractivity contribution in [2.45, 2.75) is 64.3 Å². The van der Waals surface area contributed by atoms with Gasteiger partial charge in [0, 0.05) is 24.4 Å². The van der Waals surface area contributed by atoms with Gasteiger partial charge in [-0.05, 0) is 79.3 Å². The van der Waals surface area contributed by atoms with E-state index in [1.807, 2.05) is 78.9 Å². The van der Waals surface area contributed by atoms with E-state index in [-0.39, 0.29) is 32.0 Å². The van der Waals surface area contributed by atoms with Gasteiger partial charge in [-0.2, -0.15) is 4.79 Å². The minimum Gasteiger partial charge on any atom is -0.489 e. The fourth-order valence-electron chi connectivity index (χ4n) is 6.36. The quantitative estimate of drug-likeness (QED) is 0.114. The molecule has 3 amide bonds. The van der Waals surface area contributed by atoms with Crippen molar-refractivity contribution in [3.63, 3.8) is 0 Å². The summed E-state index contributed by atoms with van der Waals surface area (Å²) in [4.78, 5) is 39.5. The van der Waals surface area contributed by atoms with Crippen LogP contribution in [0, 0.1) is 0 Å². The number of carbonyl (C=O) groups excluding carboxylic acids is 3. The topological polar surface area (TPSA) is 117 Å². The monoisotopic (exact) mass is 664 g/mol. The summed E-state index contributed by atoms with van der Waals surface area (Å²) < 4.78 is 17.0. The zero-order chi connectivity index (χ0) is 35.0. The van der Waals surface area contributed by atoms with Crippen LogP contribution in [0.3, 0.4) is 0 Å². The zero-order valence-electron chi connectivity index (χ0n) is 28.7. The van der Waals surface area contributed by atoms with Crippen LogP contribution in [0.2, 0.25) is 0 Å². The zero-order valence-corrected chi connectivity index (χ0v) is 28.7.